The maximum absolute atomic E-state index is 12.0. The summed E-state index contributed by atoms with van der Waals surface area (Å²) in [5, 5.41) is 0. The number of carbonyl (C=O) groups is 3. The van der Waals surface area contributed by atoms with E-state index >= 15 is 0 Å². The maximum atomic E-state index is 12.0. The largest absolute Gasteiger partial charge is 0.472 e. The standard InChI is InChI=1S/C13H10O4/c1-7-5-10(14)11(8(2)12(7)15)13(16)9-3-4-17-6-9/h3-6H,1-2H3. The molecule has 1 aromatic heterocycles. The Kier molecular flexibility index (Phi) is 2.63. The Labute approximate surface area is 97.6 Å². The van der Waals surface area contributed by atoms with Crippen LogP contribution in [0.2, 0.25) is 0 Å². The summed E-state index contributed by atoms with van der Waals surface area (Å²) in [6.45, 7) is 3.05. The third kappa shape index (κ3) is 1.78. The Morgan fingerprint density at radius 3 is 2.53 bits per heavy atom. The lowest BCUT2D eigenvalue weighted by Crippen LogP contribution is -2.22. The van der Waals surface area contributed by atoms with Gasteiger partial charge in [-0.1, -0.05) is 0 Å². The summed E-state index contributed by atoms with van der Waals surface area (Å²) in [6, 6.07) is 1.46. The zero-order valence-electron chi connectivity index (χ0n) is 9.44. The topological polar surface area (TPSA) is 64.3 Å². The number of allylic oxidation sites excluding steroid dienone is 4. The molecule has 1 aliphatic carbocycles. The average Bonchev–Trinajstić information content (AvgIpc) is 2.79. The highest BCUT2D eigenvalue weighted by molar-refractivity contribution is 6.36. The summed E-state index contributed by atoms with van der Waals surface area (Å²) in [5.74, 6) is -1.17. The van der Waals surface area contributed by atoms with Gasteiger partial charge in [-0.25, -0.2) is 0 Å². The van der Waals surface area contributed by atoms with Crippen LogP contribution in [0, 0.1) is 0 Å². The Morgan fingerprint density at radius 1 is 1.24 bits per heavy atom. The van der Waals surface area contributed by atoms with Crippen molar-refractivity contribution in [2.45, 2.75) is 13.8 Å². The molecule has 86 valence electrons. The van der Waals surface area contributed by atoms with Gasteiger partial charge in [-0.3, -0.25) is 14.4 Å². The van der Waals surface area contributed by atoms with Crippen LogP contribution in [0.25, 0.3) is 0 Å². The van der Waals surface area contributed by atoms with Gasteiger partial charge in [-0.2, -0.15) is 0 Å². The number of furan rings is 1. The Balaban J connectivity index is 2.49. The van der Waals surface area contributed by atoms with Gasteiger partial charge in [0.15, 0.2) is 11.6 Å². The Hall–Kier alpha value is -2.23. The molecular weight excluding hydrogens is 220 g/mol. The molecule has 1 heterocycles. The predicted octanol–water partition coefficient (Wildman–Crippen LogP) is 1.88. The zero-order valence-corrected chi connectivity index (χ0v) is 9.44. The first-order chi connectivity index (χ1) is 8.02. The molecule has 17 heavy (non-hydrogen) atoms. The van der Waals surface area contributed by atoms with Crippen LogP contribution >= 0.6 is 0 Å². The lowest BCUT2D eigenvalue weighted by Gasteiger charge is -2.12. The van der Waals surface area contributed by atoms with Gasteiger partial charge >= 0.3 is 0 Å². The van der Waals surface area contributed by atoms with E-state index < -0.39 is 11.6 Å². The van der Waals surface area contributed by atoms with E-state index in [4.69, 9.17) is 4.42 Å². The van der Waals surface area contributed by atoms with Gasteiger partial charge in [0.2, 0.25) is 5.78 Å². The molecule has 0 atom stereocenters. The fourth-order valence-electron chi connectivity index (χ4n) is 1.75. The van der Waals surface area contributed by atoms with Crippen molar-refractivity contribution in [2.75, 3.05) is 0 Å². The maximum Gasteiger partial charge on any atom is 0.200 e. The van der Waals surface area contributed by atoms with Crippen LogP contribution in [-0.2, 0) is 9.59 Å². The van der Waals surface area contributed by atoms with Crippen molar-refractivity contribution in [2.24, 2.45) is 0 Å². The highest BCUT2D eigenvalue weighted by Gasteiger charge is 2.29. The second kappa shape index (κ2) is 3.97. The summed E-state index contributed by atoms with van der Waals surface area (Å²) in [7, 11) is 0. The second-order valence-electron chi connectivity index (χ2n) is 3.86. The van der Waals surface area contributed by atoms with Crippen LogP contribution in [0.5, 0.6) is 0 Å². The molecule has 4 nitrogen and oxygen atoms in total. The molecule has 2 rings (SSSR count). The van der Waals surface area contributed by atoms with Crippen LogP contribution < -0.4 is 0 Å². The smallest absolute Gasteiger partial charge is 0.200 e. The SMILES string of the molecule is CC1=CC(=O)C(C(=O)c2ccoc2)=C(C)C1=O. The van der Waals surface area contributed by atoms with Crippen molar-refractivity contribution in [3.05, 3.63) is 47.0 Å². The molecule has 0 saturated heterocycles. The van der Waals surface area contributed by atoms with Gasteiger partial charge in [0.1, 0.15) is 6.26 Å². The lowest BCUT2D eigenvalue weighted by atomic mass is 9.87. The van der Waals surface area contributed by atoms with E-state index in [0.29, 0.717) is 5.57 Å². The van der Waals surface area contributed by atoms with Crippen LogP contribution in [0.15, 0.2) is 45.8 Å². The number of carbonyl (C=O) groups excluding carboxylic acids is 3. The molecule has 1 aromatic rings. The molecule has 0 aromatic carbocycles. The molecule has 1 aliphatic rings. The molecule has 0 bridgehead atoms. The monoisotopic (exact) mass is 230 g/mol. The van der Waals surface area contributed by atoms with Crippen molar-refractivity contribution >= 4 is 17.3 Å². The molecule has 0 aliphatic heterocycles. The van der Waals surface area contributed by atoms with Crippen LogP contribution in [-0.4, -0.2) is 17.3 Å². The van der Waals surface area contributed by atoms with Crippen LogP contribution in [0.3, 0.4) is 0 Å². The second-order valence-corrected chi connectivity index (χ2v) is 3.86. The third-order valence-electron chi connectivity index (χ3n) is 2.68. The van der Waals surface area contributed by atoms with E-state index in [1.807, 2.05) is 0 Å². The molecule has 0 amide bonds. The quantitative estimate of drug-likeness (QED) is 0.442. The fourth-order valence-corrected chi connectivity index (χ4v) is 1.75. The van der Waals surface area contributed by atoms with Crippen molar-refractivity contribution in [1.82, 2.24) is 0 Å². The van der Waals surface area contributed by atoms with E-state index in [2.05, 4.69) is 0 Å². The summed E-state index contributed by atoms with van der Waals surface area (Å²) in [5.41, 5.74) is 0.757. The highest BCUT2D eigenvalue weighted by atomic mass is 16.3. The molecule has 0 radical (unpaired) electrons. The van der Waals surface area contributed by atoms with Crippen LogP contribution in [0.4, 0.5) is 0 Å². The first-order valence-corrected chi connectivity index (χ1v) is 5.07. The van der Waals surface area contributed by atoms with Gasteiger partial charge in [0.05, 0.1) is 17.4 Å². The highest BCUT2D eigenvalue weighted by Crippen LogP contribution is 2.22. The van der Waals surface area contributed by atoms with Crippen molar-refractivity contribution in [1.29, 1.82) is 0 Å². The molecule has 0 spiro atoms. The summed E-state index contributed by atoms with van der Waals surface area (Å²) >= 11 is 0. The molecule has 4 heteroatoms. The average molecular weight is 230 g/mol. The van der Waals surface area contributed by atoms with Gasteiger partial charge in [0, 0.05) is 11.1 Å². The molecule has 0 fully saturated rings. The fraction of sp³-hybridized carbons (Fsp3) is 0.154. The Bertz CT molecular complexity index is 571. The van der Waals surface area contributed by atoms with Crippen molar-refractivity contribution < 1.29 is 18.8 Å². The third-order valence-corrected chi connectivity index (χ3v) is 2.68. The van der Waals surface area contributed by atoms with E-state index in [9.17, 15) is 14.4 Å². The van der Waals surface area contributed by atoms with E-state index in [-0.39, 0.29) is 22.5 Å². The molecule has 0 saturated carbocycles. The predicted molar refractivity (Wildman–Crippen MR) is 59.5 cm³/mol. The first kappa shape index (κ1) is 11.3. The van der Waals surface area contributed by atoms with Gasteiger partial charge < -0.3 is 4.42 Å². The minimum atomic E-state index is -0.474. The number of ketones is 3. The number of hydrogen-bond donors (Lipinski definition) is 0. The first-order valence-electron chi connectivity index (χ1n) is 5.07. The van der Waals surface area contributed by atoms with Crippen molar-refractivity contribution in [3.8, 4) is 0 Å². The molecule has 0 unspecified atom stereocenters. The van der Waals surface area contributed by atoms with Crippen LogP contribution in [0.1, 0.15) is 24.2 Å². The molecular formula is C13H10O4. The minimum Gasteiger partial charge on any atom is -0.472 e. The van der Waals surface area contributed by atoms with E-state index in [1.54, 1.807) is 6.92 Å². The van der Waals surface area contributed by atoms with Gasteiger partial charge in [-0.05, 0) is 26.0 Å². The zero-order chi connectivity index (χ0) is 12.6. The lowest BCUT2D eigenvalue weighted by molar-refractivity contribution is -0.115. The molecule has 0 N–H and O–H groups in total. The van der Waals surface area contributed by atoms with Crippen molar-refractivity contribution in [3.63, 3.8) is 0 Å². The summed E-state index contributed by atoms with van der Waals surface area (Å²) in [6.07, 6.45) is 3.80. The summed E-state index contributed by atoms with van der Waals surface area (Å²) in [4.78, 5) is 35.5. The van der Waals surface area contributed by atoms with Gasteiger partial charge in [0.25, 0.3) is 0 Å². The van der Waals surface area contributed by atoms with E-state index in [1.165, 1.54) is 31.6 Å². The number of Topliss-reactive ketones (excluding diaryl/α,β-unsaturated/α-hetero) is 2. The normalized spacial score (nSPS) is 16.2. The summed E-state index contributed by atoms with van der Waals surface area (Å²) < 4.78 is 4.79. The number of hydrogen-bond acceptors (Lipinski definition) is 4. The van der Waals surface area contributed by atoms with E-state index in [0.717, 1.165) is 0 Å². The van der Waals surface area contributed by atoms with Gasteiger partial charge in [-0.15, -0.1) is 0 Å². The number of rotatable bonds is 2. The minimum absolute atomic E-state index is 0.0676. The Morgan fingerprint density at radius 2 is 1.94 bits per heavy atom.